The molecule has 4 rings (SSSR count). The first-order chi connectivity index (χ1) is 16.1. The molecule has 0 radical (unpaired) electrons. The number of aryl methyl sites for hydroxylation is 1. The van der Waals surface area contributed by atoms with Gasteiger partial charge < -0.3 is 15.9 Å². The van der Waals surface area contributed by atoms with Crippen LogP contribution in [0.2, 0.25) is 0 Å². The van der Waals surface area contributed by atoms with Crippen LogP contribution < -0.4 is 5.73 Å². The average Bonchev–Trinajstić information content (AvgIpc) is 2.84. The number of aliphatic hydroxyl groups excluding tert-OH is 2. The Morgan fingerprint density at radius 2 is 1.54 bits per heavy atom. The van der Waals surface area contributed by atoms with E-state index < -0.39 is 17.3 Å². The summed E-state index contributed by atoms with van der Waals surface area (Å²) in [6, 6.07) is 15.7. The lowest BCUT2D eigenvalue weighted by Crippen LogP contribution is -2.47. The zero-order valence-electron chi connectivity index (χ0n) is 18.6. The summed E-state index contributed by atoms with van der Waals surface area (Å²) in [5.74, 6) is -0.319. The summed E-state index contributed by atoms with van der Waals surface area (Å²) in [6.07, 6.45) is -2.72. The summed E-state index contributed by atoms with van der Waals surface area (Å²) in [5.41, 5.74) is 7.98. The molecule has 0 bridgehead atoms. The number of carbonyl (C=O) groups excluding carboxylic acids is 1. The van der Waals surface area contributed by atoms with E-state index >= 15 is 0 Å². The van der Waals surface area contributed by atoms with Crippen LogP contribution in [0.25, 0.3) is 0 Å². The molecule has 0 saturated carbocycles. The highest BCUT2D eigenvalue weighted by atomic mass is 35.5. The van der Waals surface area contributed by atoms with E-state index in [9.17, 15) is 28.2 Å². The maximum Gasteiger partial charge on any atom is 0.416 e. The van der Waals surface area contributed by atoms with Gasteiger partial charge in [0.15, 0.2) is 5.78 Å². The number of halogens is 4. The summed E-state index contributed by atoms with van der Waals surface area (Å²) in [4.78, 5) is 15.0. The first kappa shape index (κ1) is 27.2. The fourth-order valence-corrected chi connectivity index (χ4v) is 4.97. The van der Waals surface area contributed by atoms with Gasteiger partial charge in [0.1, 0.15) is 0 Å². The monoisotopic (exact) mass is 523 g/mol. The fraction of sp³-hybridized carbons (Fsp3) is 0.269. The van der Waals surface area contributed by atoms with Crippen molar-refractivity contribution in [2.24, 2.45) is 5.73 Å². The predicted molar refractivity (Wildman–Crippen MR) is 131 cm³/mol. The van der Waals surface area contributed by atoms with Crippen LogP contribution in [-0.2, 0) is 19.0 Å². The van der Waals surface area contributed by atoms with Crippen molar-refractivity contribution in [3.05, 3.63) is 94.0 Å². The molecule has 0 spiro atoms. The maximum absolute atomic E-state index is 12.9. The summed E-state index contributed by atoms with van der Waals surface area (Å²) in [5, 5.41) is 18.8. The van der Waals surface area contributed by atoms with E-state index in [0.717, 1.165) is 38.6 Å². The Balaban J connectivity index is 0.00000342. The first-order valence-corrected chi connectivity index (χ1v) is 11.6. The van der Waals surface area contributed by atoms with Gasteiger partial charge in [-0.25, -0.2) is 0 Å². The SMILES string of the molecule is Cl.NC(CO)(CO)CCc1ccc2c(c1)Sc1ccc(C(=O)c3ccc(C(F)(F)F)cc3)cc1C2. The minimum Gasteiger partial charge on any atom is -0.394 e. The molecule has 9 heteroatoms. The van der Waals surface area contributed by atoms with Gasteiger partial charge in [0.25, 0.3) is 0 Å². The topological polar surface area (TPSA) is 83.6 Å². The van der Waals surface area contributed by atoms with Gasteiger partial charge in [-0.05, 0) is 72.4 Å². The second kappa shape index (κ2) is 10.7. The van der Waals surface area contributed by atoms with E-state index in [1.54, 1.807) is 17.8 Å². The molecule has 0 unspecified atom stereocenters. The van der Waals surface area contributed by atoms with Crippen molar-refractivity contribution in [3.63, 3.8) is 0 Å². The minimum atomic E-state index is -4.44. The molecule has 1 heterocycles. The lowest BCUT2D eigenvalue weighted by molar-refractivity contribution is -0.137. The summed E-state index contributed by atoms with van der Waals surface area (Å²) >= 11 is 1.60. The van der Waals surface area contributed by atoms with Crippen molar-refractivity contribution < 1.29 is 28.2 Å². The van der Waals surface area contributed by atoms with Crippen molar-refractivity contribution in [2.75, 3.05) is 13.2 Å². The molecule has 4 nitrogen and oxygen atoms in total. The molecular weight excluding hydrogens is 499 g/mol. The van der Waals surface area contributed by atoms with Crippen LogP contribution >= 0.6 is 24.2 Å². The van der Waals surface area contributed by atoms with Gasteiger partial charge in [0, 0.05) is 20.9 Å². The molecule has 4 N–H and O–H groups in total. The van der Waals surface area contributed by atoms with Crippen molar-refractivity contribution in [1.82, 2.24) is 0 Å². The zero-order valence-corrected chi connectivity index (χ0v) is 20.3. The number of aliphatic hydroxyl groups is 2. The molecule has 3 aromatic carbocycles. The van der Waals surface area contributed by atoms with E-state index in [4.69, 9.17) is 5.73 Å². The van der Waals surface area contributed by atoms with Crippen molar-refractivity contribution >= 4 is 30.0 Å². The largest absolute Gasteiger partial charge is 0.416 e. The van der Waals surface area contributed by atoms with E-state index in [1.165, 1.54) is 12.1 Å². The van der Waals surface area contributed by atoms with Crippen molar-refractivity contribution in [3.8, 4) is 0 Å². The number of hydrogen-bond acceptors (Lipinski definition) is 5. The molecule has 0 fully saturated rings. The highest BCUT2D eigenvalue weighted by molar-refractivity contribution is 7.99. The zero-order chi connectivity index (χ0) is 24.5. The van der Waals surface area contributed by atoms with Crippen LogP contribution in [0.3, 0.4) is 0 Å². The lowest BCUT2D eigenvalue weighted by atomic mass is 9.93. The molecule has 1 aliphatic heterocycles. The third kappa shape index (κ3) is 6.08. The third-order valence-corrected chi connectivity index (χ3v) is 7.29. The lowest BCUT2D eigenvalue weighted by Gasteiger charge is -2.25. The van der Waals surface area contributed by atoms with Crippen LogP contribution in [0.4, 0.5) is 13.2 Å². The third-order valence-electron chi connectivity index (χ3n) is 6.07. The van der Waals surface area contributed by atoms with Crippen LogP contribution in [0, 0.1) is 0 Å². The molecule has 0 aromatic heterocycles. The van der Waals surface area contributed by atoms with Gasteiger partial charge in [0.05, 0.1) is 24.3 Å². The van der Waals surface area contributed by atoms with Gasteiger partial charge in [-0.15, -0.1) is 12.4 Å². The molecular formula is C26H25ClF3NO3S. The Morgan fingerprint density at radius 1 is 0.886 bits per heavy atom. The highest BCUT2D eigenvalue weighted by Gasteiger charge is 2.30. The standard InChI is InChI=1S/C26H24F3NO3S.ClH/c27-26(28,29)21-6-3-17(4-7-21)24(33)19-5-8-22-20(13-19)12-18-2-1-16(11-23(18)34-22)9-10-25(30,14-31)15-32;/h1-8,11,13,31-32H,9-10,12,14-15,30H2;1H. The van der Waals surface area contributed by atoms with Crippen LogP contribution in [0.1, 0.15) is 44.6 Å². The molecule has 0 atom stereocenters. The van der Waals surface area contributed by atoms with Gasteiger partial charge in [-0.2, -0.15) is 13.2 Å². The molecule has 1 aliphatic rings. The van der Waals surface area contributed by atoms with Crippen LogP contribution in [0.5, 0.6) is 0 Å². The number of carbonyl (C=O) groups is 1. The van der Waals surface area contributed by atoms with Crippen LogP contribution in [0.15, 0.2) is 70.5 Å². The number of rotatable bonds is 7. The second-order valence-electron chi connectivity index (χ2n) is 8.63. The van der Waals surface area contributed by atoms with Gasteiger partial charge in [-0.3, -0.25) is 4.79 Å². The number of alkyl halides is 3. The molecule has 0 aliphatic carbocycles. The predicted octanol–water partition coefficient (Wildman–Crippen LogP) is 5.03. The van der Waals surface area contributed by atoms with Crippen LogP contribution in [-0.4, -0.2) is 34.7 Å². The quantitative estimate of drug-likeness (QED) is 0.296. The number of nitrogens with two attached hydrogens (primary N) is 1. The number of hydrogen-bond donors (Lipinski definition) is 3. The summed E-state index contributed by atoms with van der Waals surface area (Å²) in [6.45, 7) is -0.575. The normalized spacial score (nSPS) is 13.0. The Labute approximate surface area is 211 Å². The second-order valence-corrected chi connectivity index (χ2v) is 9.71. The molecule has 0 saturated heterocycles. The van der Waals surface area contributed by atoms with E-state index in [-0.39, 0.29) is 37.0 Å². The number of benzene rings is 3. The fourth-order valence-electron chi connectivity index (χ4n) is 3.86. The Kier molecular flexibility index (Phi) is 8.34. The minimum absolute atomic E-state index is 0. The van der Waals surface area contributed by atoms with E-state index in [0.29, 0.717) is 24.8 Å². The Bertz CT molecular complexity index is 1210. The van der Waals surface area contributed by atoms with E-state index in [2.05, 4.69) is 6.07 Å². The molecule has 35 heavy (non-hydrogen) atoms. The summed E-state index contributed by atoms with van der Waals surface area (Å²) < 4.78 is 38.4. The maximum atomic E-state index is 12.9. The van der Waals surface area contributed by atoms with Gasteiger partial charge in [-0.1, -0.05) is 36.0 Å². The molecule has 3 aromatic rings. The first-order valence-electron chi connectivity index (χ1n) is 10.8. The van der Waals surface area contributed by atoms with Crippen molar-refractivity contribution in [2.45, 2.75) is 40.8 Å². The molecule has 0 amide bonds. The van der Waals surface area contributed by atoms with Gasteiger partial charge >= 0.3 is 6.18 Å². The number of fused-ring (bicyclic) bond motifs is 2. The molecule has 186 valence electrons. The Morgan fingerprint density at radius 3 is 2.17 bits per heavy atom. The highest BCUT2D eigenvalue weighted by Crippen LogP contribution is 2.40. The van der Waals surface area contributed by atoms with Crippen molar-refractivity contribution in [1.29, 1.82) is 0 Å². The van der Waals surface area contributed by atoms with E-state index in [1.807, 2.05) is 24.3 Å². The van der Waals surface area contributed by atoms with Gasteiger partial charge in [0.2, 0.25) is 0 Å². The Hall–Kier alpha value is -2.36. The number of ketones is 1. The average molecular weight is 524 g/mol. The summed E-state index contributed by atoms with van der Waals surface area (Å²) in [7, 11) is 0. The smallest absolute Gasteiger partial charge is 0.394 e.